The van der Waals surface area contributed by atoms with Gasteiger partial charge in [0.15, 0.2) is 12.6 Å². The van der Waals surface area contributed by atoms with E-state index >= 15 is 0 Å². The molecule has 29 heavy (non-hydrogen) atoms. The van der Waals surface area contributed by atoms with E-state index in [4.69, 9.17) is 4.74 Å². The van der Waals surface area contributed by atoms with Crippen molar-refractivity contribution in [2.45, 2.75) is 38.6 Å². The number of thiazole rings is 1. The van der Waals surface area contributed by atoms with Gasteiger partial charge in [-0.3, -0.25) is 9.79 Å². The minimum atomic E-state index is -0.0512. The van der Waals surface area contributed by atoms with Crippen molar-refractivity contribution in [2.24, 2.45) is 4.99 Å². The van der Waals surface area contributed by atoms with Crippen LogP contribution in [0.5, 0.6) is 5.75 Å². The van der Waals surface area contributed by atoms with Crippen LogP contribution in [0.15, 0.2) is 35.5 Å². The predicted octanol–water partition coefficient (Wildman–Crippen LogP) is 2.06. The maximum atomic E-state index is 11.7. The molecule has 1 aliphatic carbocycles. The number of carbonyl (C=O) groups excluding carboxylic acids is 1. The summed E-state index contributed by atoms with van der Waals surface area (Å²) in [5.74, 6) is 1.45. The van der Waals surface area contributed by atoms with Gasteiger partial charge in [-0.25, -0.2) is 4.98 Å². The van der Waals surface area contributed by atoms with Gasteiger partial charge in [-0.1, -0.05) is 12.1 Å². The molecule has 1 saturated carbocycles. The Bertz CT molecular complexity index is 815. The van der Waals surface area contributed by atoms with E-state index in [1.165, 1.54) is 10.4 Å². The first-order valence-corrected chi connectivity index (χ1v) is 10.8. The first kappa shape index (κ1) is 21.1. The number of aromatic nitrogens is 1. The van der Waals surface area contributed by atoms with Gasteiger partial charge in [-0.2, -0.15) is 0 Å². The molecule has 0 saturated heterocycles. The van der Waals surface area contributed by atoms with Crippen LogP contribution in [0.1, 0.15) is 28.3 Å². The summed E-state index contributed by atoms with van der Waals surface area (Å²) in [4.78, 5) is 21.5. The number of nitrogens with one attached hydrogen (secondary N) is 3. The highest BCUT2D eigenvalue weighted by molar-refractivity contribution is 7.11. The molecule has 1 fully saturated rings. The minimum Gasteiger partial charge on any atom is -0.484 e. The average molecular weight is 416 g/mol. The van der Waals surface area contributed by atoms with Gasteiger partial charge < -0.3 is 20.7 Å². The zero-order chi connectivity index (χ0) is 20.5. The molecule has 1 amide bonds. The van der Waals surface area contributed by atoms with Crippen LogP contribution in [0.2, 0.25) is 0 Å². The molecular weight excluding hydrogens is 386 g/mol. The summed E-state index contributed by atoms with van der Waals surface area (Å²) in [7, 11) is 1.77. The minimum absolute atomic E-state index is 0.0512. The molecule has 0 radical (unpaired) electrons. The quantitative estimate of drug-likeness (QED) is 0.408. The first-order chi connectivity index (χ1) is 14.1. The number of hydrogen-bond donors (Lipinski definition) is 3. The van der Waals surface area contributed by atoms with Crippen molar-refractivity contribution in [1.82, 2.24) is 20.9 Å². The molecule has 1 aliphatic rings. The molecule has 3 N–H and O–H groups in total. The number of hydrogen-bond acceptors (Lipinski definition) is 5. The summed E-state index contributed by atoms with van der Waals surface area (Å²) in [5.41, 5.74) is 1.20. The van der Waals surface area contributed by atoms with Crippen LogP contribution in [-0.4, -0.2) is 49.6 Å². The number of guanidine groups is 1. The molecule has 0 bridgehead atoms. The van der Waals surface area contributed by atoms with E-state index in [1.54, 1.807) is 18.4 Å². The Morgan fingerprint density at radius 2 is 1.93 bits per heavy atom. The number of aliphatic imine (C=N–C) groups is 1. The smallest absolute Gasteiger partial charge is 0.258 e. The molecule has 3 rings (SSSR count). The van der Waals surface area contributed by atoms with E-state index in [0.717, 1.165) is 49.7 Å². The van der Waals surface area contributed by atoms with Crippen molar-refractivity contribution in [3.8, 4) is 5.75 Å². The third-order valence-electron chi connectivity index (χ3n) is 4.47. The van der Waals surface area contributed by atoms with Crippen molar-refractivity contribution < 1.29 is 9.53 Å². The Balaban J connectivity index is 1.31. The fraction of sp³-hybridized carbons (Fsp3) is 0.476. The largest absolute Gasteiger partial charge is 0.484 e. The van der Waals surface area contributed by atoms with E-state index < -0.39 is 0 Å². The Labute approximate surface area is 176 Å². The summed E-state index contributed by atoms with van der Waals surface area (Å²) >= 11 is 1.73. The SMILES string of the molecule is CN=C(NCCc1ccc(OCC(=O)NC2CC2)cc1)NCCc1ncc(C)s1. The van der Waals surface area contributed by atoms with Crippen LogP contribution in [0.4, 0.5) is 0 Å². The highest BCUT2D eigenvalue weighted by atomic mass is 32.1. The van der Waals surface area contributed by atoms with Crippen LogP contribution >= 0.6 is 11.3 Å². The van der Waals surface area contributed by atoms with Crippen LogP contribution in [0, 0.1) is 6.92 Å². The second-order valence-electron chi connectivity index (χ2n) is 7.06. The summed E-state index contributed by atoms with van der Waals surface area (Å²) in [5, 5.41) is 10.7. The van der Waals surface area contributed by atoms with Gasteiger partial charge in [0.1, 0.15) is 5.75 Å². The van der Waals surface area contributed by atoms with E-state index in [9.17, 15) is 4.79 Å². The Morgan fingerprint density at radius 1 is 1.21 bits per heavy atom. The molecule has 0 aliphatic heterocycles. The topological polar surface area (TPSA) is 87.6 Å². The molecule has 1 aromatic heterocycles. The van der Waals surface area contributed by atoms with Crippen LogP contribution in [-0.2, 0) is 17.6 Å². The number of amides is 1. The third kappa shape index (κ3) is 7.73. The molecule has 0 unspecified atom stereocenters. The molecule has 156 valence electrons. The zero-order valence-corrected chi connectivity index (χ0v) is 17.8. The third-order valence-corrected chi connectivity index (χ3v) is 5.44. The molecule has 0 atom stereocenters. The van der Waals surface area contributed by atoms with E-state index in [2.05, 4.69) is 32.9 Å². The molecule has 7 nitrogen and oxygen atoms in total. The van der Waals surface area contributed by atoms with Gasteiger partial charge in [0.05, 0.1) is 5.01 Å². The fourth-order valence-electron chi connectivity index (χ4n) is 2.75. The highest BCUT2D eigenvalue weighted by Gasteiger charge is 2.23. The average Bonchev–Trinajstić information content (AvgIpc) is 3.44. The van der Waals surface area contributed by atoms with Crippen molar-refractivity contribution in [3.63, 3.8) is 0 Å². The monoisotopic (exact) mass is 415 g/mol. The number of rotatable bonds is 10. The Hall–Kier alpha value is -2.61. The Kier molecular flexibility index (Phi) is 7.86. The number of benzene rings is 1. The van der Waals surface area contributed by atoms with Crippen LogP contribution in [0.3, 0.4) is 0 Å². The van der Waals surface area contributed by atoms with E-state index in [0.29, 0.717) is 11.8 Å². The molecule has 1 aromatic carbocycles. The highest BCUT2D eigenvalue weighted by Crippen LogP contribution is 2.18. The lowest BCUT2D eigenvalue weighted by atomic mass is 10.1. The zero-order valence-electron chi connectivity index (χ0n) is 17.0. The maximum Gasteiger partial charge on any atom is 0.258 e. The van der Waals surface area contributed by atoms with Gasteiger partial charge in [0.25, 0.3) is 5.91 Å². The fourth-order valence-corrected chi connectivity index (χ4v) is 3.54. The normalized spacial score (nSPS) is 13.8. The summed E-state index contributed by atoms with van der Waals surface area (Å²) in [6.07, 6.45) is 5.83. The lowest BCUT2D eigenvalue weighted by molar-refractivity contribution is -0.123. The summed E-state index contributed by atoms with van der Waals surface area (Å²) < 4.78 is 5.53. The van der Waals surface area contributed by atoms with Gasteiger partial charge in [0, 0.05) is 43.7 Å². The first-order valence-electron chi connectivity index (χ1n) is 9.99. The summed E-state index contributed by atoms with van der Waals surface area (Å²) in [6, 6.07) is 8.22. The van der Waals surface area contributed by atoms with E-state index in [1.807, 2.05) is 30.5 Å². The second kappa shape index (κ2) is 10.8. The number of ether oxygens (including phenoxy) is 1. The van der Waals surface area contributed by atoms with Gasteiger partial charge in [0.2, 0.25) is 0 Å². The maximum absolute atomic E-state index is 11.7. The van der Waals surface area contributed by atoms with Crippen molar-refractivity contribution in [2.75, 3.05) is 26.7 Å². The predicted molar refractivity (Wildman–Crippen MR) is 117 cm³/mol. The number of nitrogens with zero attached hydrogens (tertiary/aromatic N) is 2. The summed E-state index contributed by atoms with van der Waals surface area (Å²) in [6.45, 7) is 3.71. The van der Waals surface area contributed by atoms with Crippen LogP contribution < -0.4 is 20.7 Å². The number of aryl methyl sites for hydroxylation is 1. The molecule has 8 heteroatoms. The van der Waals surface area contributed by atoms with Crippen molar-refractivity contribution in [3.05, 3.63) is 45.9 Å². The lowest BCUT2D eigenvalue weighted by Crippen LogP contribution is -2.39. The van der Waals surface area contributed by atoms with Gasteiger partial charge in [-0.15, -0.1) is 11.3 Å². The van der Waals surface area contributed by atoms with Crippen LogP contribution in [0.25, 0.3) is 0 Å². The molecule has 0 spiro atoms. The lowest BCUT2D eigenvalue weighted by Gasteiger charge is -2.12. The van der Waals surface area contributed by atoms with E-state index in [-0.39, 0.29) is 12.5 Å². The van der Waals surface area contributed by atoms with Crippen molar-refractivity contribution >= 4 is 23.2 Å². The Morgan fingerprint density at radius 3 is 2.55 bits per heavy atom. The molecule has 2 aromatic rings. The van der Waals surface area contributed by atoms with Crippen molar-refractivity contribution in [1.29, 1.82) is 0 Å². The van der Waals surface area contributed by atoms with Gasteiger partial charge in [-0.05, 0) is 43.9 Å². The standard InChI is InChI=1S/C21H29N5O2S/c1-15-13-25-20(29-15)10-12-24-21(22-2)23-11-9-16-3-7-18(8-4-16)28-14-19(27)26-17-5-6-17/h3-4,7-8,13,17H,5-6,9-12,14H2,1-2H3,(H,26,27)(H2,22,23,24). The molecular formula is C21H29N5O2S. The molecule has 1 heterocycles. The second-order valence-corrected chi connectivity index (χ2v) is 8.38. The number of carbonyl (C=O) groups is 1. The van der Waals surface area contributed by atoms with Gasteiger partial charge >= 0.3 is 0 Å².